The second-order valence-corrected chi connectivity index (χ2v) is 5.66. The Balaban J connectivity index is 1.68. The number of rotatable bonds is 5. The number of nitrogens with zero attached hydrogens (tertiary/aromatic N) is 4. The minimum Gasteiger partial charge on any atom is -0.294 e. The maximum absolute atomic E-state index is 13.6. The van der Waals surface area contributed by atoms with Crippen molar-refractivity contribution in [3.63, 3.8) is 0 Å². The Labute approximate surface area is 130 Å². The van der Waals surface area contributed by atoms with E-state index in [4.69, 9.17) is 0 Å². The molecule has 23 heavy (non-hydrogen) atoms. The first-order valence-electron chi connectivity index (χ1n) is 7.57. The van der Waals surface area contributed by atoms with Crippen molar-refractivity contribution in [1.29, 1.82) is 0 Å². The highest BCUT2D eigenvalue weighted by atomic mass is 19.1. The molecule has 0 atom stereocenters. The van der Waals surface area contributed by atoms with Gasteiger partial charge in [0.1, 0.15) is 11.6 Å². The summed E-state index contributed by atoms with van der Waals surface area (Å²) in [5, 5.41) is 7.63. The van der Waals surface area contributed by atoms with E-state index in [0.29, 0.717) is 6.07 Å². The lowest BCUT2D eigenvalue weighted by Crippen LogP contribution is -2.28. The number of benzene rings is 1. The van der Waals surface area contributed by atoms with E-state index in [-0.39, 0.29) is 30.3 Å². The molecule has 0 radical (unpaired) electrons. The first-order valence-corrected chi connectivity index (χ1v) is 7.57. The van der Waals surface area contributed by atoms with E-state index in [1.165, 1.54) is 4.68 Å². The fraction of sp³-hybridized carbons (Fsp3) is 0.467. The van der Waals surface area contributed by atoms with Crippen LogP contribution in [0.25, 0.3) is 0 Å². The number of halogens is 2. The fourth-order valence-corrected chi connectivity index (χ4v) is 2.86. The molecule has 0 saturated heterocycles. The zero-order valence-corrected chi connectivity index (χ0v) is 12.4. The molecule has 3 rings (SSSR count). The number of hydrogen-bond acceptors (Lipinski definition) is 4. The van der Waals surface area contributed by atoms with Crippen molar-refractivity contribution >= 4 is 5.78 Å². The molecular formula is C15H16F2N4O2. The molecule has 1 aliphatic rings. The van der Waals surface area contributed by atoms with E-state index < -0.39 is 17.4 Å². The van der Waals surface area contributed by atoms with Gasteiger partial charge in [-0.05, 0) is 35.4 Å². The highest BCUT2D eigenvalue weighted by Gasteiger charge is 2.22. The van der Waals surface area contributed by atoms with Gasteiger partial charge in [-0.1, -0.05) is 12.8 Å². The second kappa shape index (κ2) is 6.39. The van der Waals surface area contributed by atoms with Crippen molar-refractivity contribution in [3.8, 4) is 0 Å². The number of aromatic nitrogens is 4. The van der Waals surface area contributed by atoms with E-state index in [2.05, 4.69) is 10.4 Å². The van der Waals surface area contributed by atoms with Crippen LogP contribution < -0.4 is 5.69 Å². The lowest BCUT2D eigenvalue weighted by Gasteiger charge is -2.05. The normalized spacial score (nSPS) is 15.2. The topological polar surface area (TPSA) is 69.8 Å². The molecule has 1 aromatic heterocycles. The fourth-order valence-electron chi connectivity index (χ4n) is 2.86. The molecule has 0 N–H and O–H groups in total. The van der Waals surface area contributed by atoms with Gasteiger partial charge in [0, 0.05) is 12.5 Å². The molecule has 0 aliphatic heterocycles. The highest BCUT2D eigenvalue weighted by molar-refractivity contribution is 5.96. The van der Waals surface area contributed by atoms with Gasteiger partial charge in [0.05, 0.1) is 18.2 Å². The summed E-state index contributed by atoms with van der Waals surface area (Å²) in [6.07, 6.45) is 3.82. The van der Waals surface area contributed by atoms with Crippen LogP contribution in [0.5, 0.6) is 0 Å². The first kappa shape index (κ1) is 15.5. The maximum atomic E-state index is 13.6. The SMILES string of the molecule is O=C(CCn1nnn(C2CCCC2)c1=O)c1ccc(F)cc1F. The van der Waals surface area contributed by atoms with Crippen LogP contribution in [0, 0.1) is 11.6 Å². The van der Waals surface area contributed by atoms with Crippen molar-refractivity contribution in [2.75, 3.05) is 0 Å². The third-order valence-corrected chi connectivity index (χ3v) is 4.11. The number of tetrazole rings is 1. The summed E-state index contributed by atoms with van der Waals surface area (Å²) in [4.78, 5) is 24.2. The molecular weight excluding hydrogens is 306 g/mol. The Kier molecular flexibility index (Phi) is 4.31. The molecule has 1 aromatic carbocycles. The van der Waals surface area contributed by atoms with Gasteiger partial charge >= 0.3 is 5.69 Å². The average molecular weight is 322 g/mol. The summed E-state index contributed by atoms with van der Waals surface area (Å²) in [5.74, 6) is -2.16. The Morgan fingerprint density at radius 3 is 2.65 bits per heavy atom. The first-order chi connectivity index (χ1) is 11.1. The van der Waals surface area contributed by atoms with Crippen molar-refractivity contribution in [3.05, 3.63) is 45.9 Å². The minimum atomic E-state index is -0.906. The van der Waals surface area contributed by atoms with Gasteiger partial charge in [-0.2, -0.15) is 9.36 Å². The molecule has 1 saturated carbocycles. The molecule has 0 amide bonds. The lowest BCUT2D eigenvalue weighted by atomic mass is 10.1. The van der Waals surface area contributed by atoms with Crippen molar-refractivity contribution in [2.24, 2.45) is 0 Å². The largest absolute Gasteiger partial charge is 0.363 e. The van der Waals surface area contributed by atoms with Gasteiger partial charge in [-0.15, -0.1) is 0 Å². The molecule has 1 aliphatic carbocycles. The van der Waals surface area contributed by atoms with Crippen molar-refractivity contribution < 1.29 is 13.6 Å². The molecule has 2 aromatic rings. The predicted octanol–water partition coefficient (Wildman–Crippen LogP) is 2.11. The van der Waals surface area contributed by atoms with Crippen molar-refractivity contribution in [1.82, 2.24) is 19.8 Å². The van der Waals surface area contributed by atoms with Crippen LogP contribution >= 0.6 is 0 Å². The standard InChI is InChI=1S/C15H16F2N4O2/c16-10-5-6-12(13(17)9-10)14(22)7-8-20-15(23)21(19-18-20)11-3-1-2-4-11/h5-6,9,11H,1-4,7-8H2. The monoisotopic (exact) mass is 322 g/mol. The smallest absolute Gasteiger partial charge is 0.294 e. The Morgan fingerprint density at radius 2 is 1.96 bits per heavy atom. The van der Waals surface area contributed by atoms with E-state index in [9.17, 15) is 18.4 Å². The summed E-state index contributed by atoms with van der Waals surface area (Å²) in [5.41, 5.74) is -0.549. The summed E-state index contributed by atoms with van der Waals surface area (Å²) >= 11 is 0. The van der Waals surface area contributed by atoms with Gasteiger partial charge in [0.15, 0.2) is 5.78 Å². The molecule has 0 bridgehead atoms. The average Bonchev–Trinajstić information content (AvgIpc) is 3.14. The Morgan fingerprint density at radius 1 is 1.22 bits per heavy atom. The number of ketones is 1. The predicted molar refractivity (Wildman–Crippen MR) is 77.1 cm³/mol. The number of Topliss-reactive ketones (excluding diaryl/α,β-unsaturated/α-hetero) is 1. The van der Waals surface area contributed by atoms with Crippen LogP contribution in [0.2, 0.25) is 0 Å². The highest BCUT2D eigenvalue weighted by Crippen LogP contribution is 2.27. The molecule has 1 fully saturated rings. The Bertz CT molecular complexity index is 778. The molecule has 122 valence electrons. The second-order valence-electron chi connectivity index (χ2n) is 5.66. The zero-order valence-electron chi connectivity index (χ0n) is 12.4. The van der Waals surface area contributed by atoms with Gasteiger partial charge in [-0.25, -0.2) is 13.6 Å². The maximum Gasteiger partial charge on any atom is 0.363 e. The summed E-state index contributed by atoms with van der Waals surface area (Å²) in [6.45, 7) is 0.0151. The van der Waals surface area contributed by atoms with Crippen LogP contribution in [-0.4, -0.2) is 25.6 Å². The third kappa shape index (κ3) is 3.20. The number of aryl methyl sites for hydroxylation is 1. The van der Waals surface area contributed by atoms with E-state index >= 15 is 0 Å². The van der Waals surface area contributed by atoms with Crippen LogP contribution in [0.4, 0.5) is 8.78 Å². The Hall–Kier alpha value is -2.38. The van der Waals surface area contributed by atoms with Crippen LogP contribution in [0.3, 0.4) is 0 Å². The third-order valence-electron chi connectivity index (χ3n) is 4.11. The summed E-state index contributed by atoms with van der Waals surface area (Å²) in [7, 11) is 0. The molecule has 0 unspecified atom stereocenters. The van der Waals surface area contributed by atoms with Gasteiger partial charge in [-0.3, -0.25) is 4.79 Å². The van der Waals surface area contributed by atoms with Gasteiger partial charge in [0.2, 0.25) is 0 Å². The van der Waals surface area contributed by atoms with Gasteiger partial charge in [0.25, 0.3) is 0 Å². The molecule has 8 heteroatoms. The van der Waals surface area contributed by atoms with E-state index in [0.717, 1.165) is 42.5 Å². The van der Waals surface area contributed by atoms with E-state index in [1.54, 1.807) is 0 Å². The van der Waals surface area contributed by atoms with Crippen LogP contribution in [-0.2, 0) is 6.54 Å². The molecule has 6 nitrogen and oxygen atoms in total. The number of carbonyl (C=O) groups excluding carboxylic acids is 1. The quantitative estimate of drug-likeness (QED) is 0.791. The summed E-state index contributed by atoms with van der Waals surface area (Å²) in [6, 6.07) is 2.86. The molecule has 0 spiro atoms. The van der Waals surface area contributed by atoms with Crippen LogP contribution in [0.15, 0.2) is 23.0 Å². The number of hydrogen-bond donors (Lipinski definition) is 0. The zero-order chi connectivity index (χ0) is 16.4. The summed E-state index contributed by atoms with van der Waals surface area (Å²) < 4.78 is 28.9. The molecule has 1 heterocycles. The number of carbonyl (C=O) groups is 1. The van der Waals surface area contributed by atoms with E-state index in [1.807, 2.05) is 0 Å². The minimum absolute atomic E-state index is 0.0151. The van der Waals surface area contributed by atoms with Gasteiger partial charge < -0.3 is 0 Å². The van der Waals surface area contributed by atoms with Crippen molar-refractivity contribution in [2.45, 2.75) is 44.7 Å². The van der Waals surface area contributed by atoms with Crippen LogP contribution in [0.1, 0.15) is 48.5 Å². The lowest BCUT2D eigenvalue weighted by molar-refractivity contribution is 0.0971.